The predicted octanol–water partition coefficient (Wildman–Crippen LogP) is 3.03. The Kier molecular flexibility index (Phi) is 5.19. The lowest BCUT2D eigenvalue weighted by Gasteiger charge is -2.31. The van der Waals surface area contributed by atoms with Crippen molar-refractivity contribution < 1.29 is 18.0 Å². The molecule has 1 amide bonds. The zero-order valence-corrected chi connectivity index (χ0v) is 13.6. The average Bonchev–Trinajstić information content (AvgIpc) is 3.31. The first-order valence-electron chi connectivity index (χ1n) is 7.71. The van der Waals surface area contributed by atoms with E-state index in [9.17, 15) is 23.2 Å². The Morgan fingerprint density at radius 1 is 1.38 bits per heavy atom. The predicted molar refractivity (Wildman–Crippen MR) is 82.8 cm³/mol. The summed E-state index contributed by atoms with van der Waals surface area (Å²) in [6, 6.07) is 7.65. The molecule has 1 N–H and O–H groups in total. The normalized spacial score (nSPS) is 18.5. The first-order chi connectivity index (χ1) is 11.2. The first-order valence-corrected chi connectivity index (χ1v) is 7.71. The number of nitrogens with one attached hydrogen (secondary N) is 1. The second-order valence-electron chi connectivity index (χ2n) is 6.41. The third-order valence-corrected chi connectivity index (χ3v) is 4.28. The molecule has 0 saturated heterocycles. The van der Waals surface area contributed by atoms with Crippen LogP contribution in [-0.2, 0) is 4.79 Å². The van der Waals surface area contributed by atoms with E-state index in [4.69, 9.17) is 0 Å². The van der Waals surface area contributed by atoms with E-state index in [0.717, 1.165) is 17.7 Å². The summed E-state index contributed by atoms with van der Waals surface area (Å²) in [6.45, 7) is 1.17. The Bertz CT molecular complexity index is 622. The van der Waals surface area contributed by atoms with Crippen molar-refractivity contribution in [3.8, 4) is 6.07 Å². The number of carbonyl (C=O) groups is 1. The molecule has 1 aliphatic carbocycles. The van der Waals surface area contributed by atoms with Crippen LogP contribution in [0.1, 0.15) is 31.4 Å². The molecule has 0 aromatic heterocycles. The van der Waals surface area contributed by atoms with Crippen LogP contribution in [0.25, 0.3) is 0 Å². The fourth-order valence-corrected chi connectivity index (χ4v) is 2.86. The lowest BCUT2D eigenvalue weighted by atomic mass is 9.98. The van der Waals surface area contributed by atoms with E-state index < -0.39 is 30.2 Å². The molecule has 0 bridgehead atoms. The molecule has 0 heterocycles. The number of nitriles is 1. The van der Waals surface area contributed by atoms with Gasteiger partial charge in [-0.05, 0) is 38.3 Å². The second-order valence-corrected chi connectivity index (χ2v) is 6.41. The summed E-state index contributed by atoms with van der Waals surface area (Å²) in [5.74, 6) is -0.511. The number of nitrogens with zero attached hydrogens (tertiary/aromatic N) is 2. The monoisotopic (exact) mass is 339 g/mol. The van der Waals surface area contributed by atoms with Crippen LogP contribution in [0.5, 0.6) is 0 Å². The van der Waals surface area contributed by atoms with Crippen LogP contribution in [-0.4, -0.2) is 36.1 Å². The van der Waals surface area contributed by atoms with E-state index in [1.54, 1.807) is 13.0 Å². The van der Waals surface area contributed by atoms with Crippen LogP contribution in [0.15, 0.2) is 30.3 Å². The van der Waals surface area contributed by atoms with E-state index in [0.29, 0.717) is 0 Å². The molecule has 0 spiro atoms. The molecular formula is C17H20F3N3O. The number of rotatable bonds is 6. The van der Waals surface area contributed by atoms with Crippen LogP contribution in [0.3, 0.4) is 0 Å². The number of alkyl halides is 3. The van der Waals surface area contributed by atoms with Gasteiger partial charge in [0.1, 0.15) is 11.6 Å². The van der Waals surface area contributed by atoms with Crippen molar-refractivity contribution in [1.82, 2.24) is 10.2 Å². The van der Waals surface area contributed by atoms with Crippen LogP contribution >= 0.6 is 0 Å². The molecule has 2 rings (SSSR count). The molecule has 1 aromatic rings. The van der Waals surface area contributed by atoms with E-state index in [1.807, 2.05) is 0 Å². The van der Waals surface area contributed by atoms with Gasteiger partial charge in [-0.25, -0.2) is 0 Å². The Labute approximate surface area is 139 Å². The SMILES string of the molecule is CN(CC(=O)NC(C)(C#N)C1CC1)C(c1ccccc1)C(F)(F)F. The van der Waals surface area contributed by atoms with Crippen molar-refractivity contribution in [2.45, 2.75) is 37.5 Å². The smallest absolute Gasteiger partial charge is 0.337 e. The van der Waals surface area contributed by atoms with Gasteiger partial charge in [0.15, 0.2) is 0 Å². The van der Waals surface area contributed by atoms with Gasteiger partial charge in [-0.3, -0.25) is 9.69 Å². The Balaban J connectivity index is 2.09. The van der Waals surface area contributed by atoms with Crippen molar-refractivity contribution in [3.63, 3.8) is 0 Å². The van der Waals surface area contributed by atoms with Gasteiger partial charge in [0.05, 0.1) is 12.6 Å². The maximum Gasteiger partial charge on any atom is 0.408 e. The van der Waals surface area contributed by atoms with Gasteiger partial charge in [0.25, 0.3) is 0 Å². The number of amides is 1. The molecule has 130 valence electrons. The summed E-state index contributed by atoms with van der Waals surface area (Å²) in [4.78, 5) is 13.1. The maximum absolute atomic E-state index is 13.4. The molecule has 4 nitrogen and oxygen atoms in total. The van der Waals surface area contributed by atoms with Gasteiger partial charge in [0.2, 0.25) is 5.91 Å². The number of likely N-dealkylation sites (N-methyl/N-ethyl adjacent to an activating group) is 1. The molecule has 0 radical (unpaired) electrons. The first kappa shape index (κ1) is 18.3. The third-order valence-electron chi connectivity index (χ3n) is 4.28. The standard InChI is InChI=1S/C17H20F3N3O/c1-16(11-21,13-8-9-13)22-14(24)10-23(2)15(17(18,19)20)12-6-4-3-5-7-12/h3-7,13,15H,8-10H2,1-2H3,(H,22,24). The van der Waals surface area contributed by atoms with Crippen LogP contribution in [0.4, 0.5) is 13.2 Å². The number of hydrogen-bond donors (Lipinski definition) is 1. The average molecular weight is 339 g/mol. The van der Waals surface area contributed by atoms with Crippen LogP contribution in [0.2, 0.25) is 0 Å². The largest absolute Gasteiger partial charge is 0.408 e. The van der Waals surface area contributed by atoms with E-state index in [1.165, 1.54) is 31.3 Å². The van der Waals surface area contributed by atoms with Gasteiger partial charge in [0, 0.05) is 0 Å². The zero-order chi connectivity index (χ0) is 18.0. The van der Waals surface area contributed by atoms with Crippen LogP contribution in [0, 0.1) is 17.2 Å². The molecule has 2 atom stereocenters. The highest BCUT2D eigenvalue weighted by Crippen LogP contribution is 2.39. The quantitative estimate of drug-likeness (QED) is 0.867. The van der Waals surface area contributed by atoms with Crippen molar-refractivity contribution in [3.05, 3.63) is 35.9 Å². The summed E-state index contributed by atoms with van der Waals surface area (Å²) < 4.78 is 40.3. The minimum Gasteiger partial charge on any atom is -0.337 e. The van der Waals surface area contributed by atoms with Crippen molar-refractivity contribution in [1.29, 1.82) is 5.26 Å². The molecule has 0 aliphatic heterocycles. The highest BCUT2D eigenvalue weighted by atomic mass is 19.4. The summed E-state index contributed by atoms with van der Waals surface area (Å²) in [6.07, 6.45) is -2.82. The Hall–Kier alpha value is -2.07. The van der Waals surface area contributed by atoms with Gasteiger partial charge in [-0.1, -0.05) is 30.3 Å². The maximum atomic E-state index is 13.4. The minimum absolute atomic E-state index is 0.0734. The lowest BCUT2D eigenvalue weighted by Crippen LogP contribution is -2.51. The molecule has 1 aliphatic rings. The van der Waals surface area contributed by atoms with Crippen molar-refractivity contribution in [2.75, 3.05) is 13.6 Å². The molecule has 2 unspecified atom stereocenters. The van der Waals surface area contributed by atoms with Gasteiger partial charge in [-0.2, -0.15) is 18.4 Å². The molecule has 7 heteroatoms. The summed E-state index contributed by atoms with van der Waals surface area (Å²) in [7, 11) is 1.26. The van der Waals surface area contributed by atoms with Gasteiger partial charge in [-0.15, -0.1) is 0 Å². The number of benzene rings is 1. The highest BCUT2D eigenvalue weighted by Gasteiger charge is 2.45. The Morgan fingerprint density at radius 3 is 2.42 bits per heavy atom. The van der Waals surface area contributed by atoms with E-state index in [2.05, 4.69) is 11.4 Å². The molecule has 1 saturated carbocycles. The number of hydrogen-bond acceptors (Lipinski definition) is 3. The topological polar surface area (TPSA) is 56.1 Å². The fourth-order valence-electron chi connectivity index (χ4n) is 2.86. The summed E-state index contributed by atoms with van der Waals surface area (Å²) in [5, 5.41) is 11.8. The molecule has 1 fully saturated rings. The number of carbonyl (C=O) groups excluding carboxylic acids is 1. The summed E-state index contributed by atoms with van der Waals surface area (Å²) >= 11 is 0. The Morgan fingerprint density at radius 2 is 1.96 bits per heavy atom. The summed E-state index contributed by atoms with van der Waals surface area (Å²) in [5.41, 5.74) is -0.941. The molecule has 1 aromatic carbocycles. The zero-order valence-electron chi connectivity index (χ0n) is 13.6. The van der Waals surface area contributed by atoms with Crippen molar-refractivity contribution >= 4 is 5.91 Å². The second kappa shape index (κ2) is 6.81. The van der Waals surface area contributed by atoms with Gasteiger partial charge >= 0.3 is 6.18 Å². The molecule has 24 heavy (non-hydrogen) atoms. The third kappa shape index (κ3) is 4.26. The lowest BCUT2D eigenvalue weighted by molar-refractivity contribution is -0.183. The van der Waals surface area contributed by atoms with Crippen LogP contribution < -0.4 is 5.32 Å². The minimum atomic E-state index is -4.51. The fraction of sp³-hybridized carbons (Fsp3) is 0.529. The van der Waals surface area contributed by atoms with E-state index in [-0.39, 0.29) is 11.5 Å². The van der Waals surface area contributed by atoms with E-state index >= 15 is 0 Å². The van der Waals surface area contributed by atoms with Gasteiger partial charge < -0.3 is 5.32 Å². The molecular weight excluding hydrogens is 319 g/mol. The number of halogens is 3. The highest BCUT2D eigenvalue weighted by molar-refractivity contribution is 5.79. The van der Waals surface area contributed by atoms with Crippen molar-refractivity contribution in [2.24, 2.45) is 5.92 Å².